The van der Waals surface area contributed by atoms with Gasteiger partial charge in [0.2, 0.25) is 0 Å². The molecule has 2 heterocycles. The maximum absolute atomic E-state index is 12.6. The van der Waals surface area contributed by atoms with E-state index in [2.05, 4.69) is 10.3 Å². The number of carbonyl (C=O) groups excluding carboxylic acids is 1. The zero-order valence-electron chi connectivity index (χ0n) is 12.6. The summed E-state index contributed by atoms with van der Waals surface area (Å²) in [5, 5.41) is 2.59. The third kappa shape index (κ3) is 2.40. The molecule has 3 rings (SSSR count). The monoisotopic (exact) mass is 333 g/mol. The van der Waals surface area contributed by atoms with Crippen LogP contribution >= 0.6 is 0 Å². The number of hydrogen-bond donors (Lipinski definition) is 1. The minimum Gasteiger partial charge on any atom is -0.494 e. The van der Waals surface area contributed by atoms with Gasteiger partial charge >= 0.3 is 0 Å². The van der Waals surface area contributed by atoms with E-state index in [1.807, 2.05) is 0 Å². The molecule has 1 amide bonds. The van der Waals surface area contributed by atoms with Crippen LogP contribution in [-0.4, -0.2) is 39.0 Å². The van der Waals surface area contributed by atoms with Crippen LogP contribution in [0.4, 0.5) is 0 Å². The minimum absolute atomic E-state index is 0.0748. The standard InChI is InChI=1S/C15H15N3O4S/c1-18-13(15(19)17-12-8-5-9-16-12)14(22-2)10-6-3-4-7-11(10)23(18,20)21/h3-4,6-9H,5H2,1-2H3,(H,17,19). The Balaban J connectivity index is 2.14. The van der Waals surface area contributed by atoms with Crippen molar-refractivity contribution in [2.45, 2.75) is 11.3 Å². The maximum Gasteiger partial charge on any atom is 0.277 e. The molecular formula is C15H15N3O4S. The van der Waals surface area contributed by atoms with Gasteiger partial charge in [0.15, 0.2) is 11.5 Å². The van der Waals surface area contributed by atoms with E-state index in [4.69, 9.17) is 4.74 Å². The summed E-state index contributed by atoms with van der Waals surface area (Å²) in [5.74, 6) is 0.00772. The van der Waals surface area contributed by atoms with E-state index in [9.17, 15) is 13.2 Å². The van der Waals surface area contributed by atoms with Crippen LogP contribution in [0.1, 0.15) is 12.0 Å². The highest BCUT2D eigenvalue weighted by atomic mass is 32.2. The molecule has 23 heavy (non-hydrogen) atoms. The molecule has 2 aliphatic rings. The molecule has 8 heteroatoms. The Morgan fingerprint density at radius 1 is 1.35 bits per heavy atom. The van der Waals surface area contributed by atoms with Gasteiger partial charge in [-0.15, -0.1) is 0 Å². The Kier molecular flexibility index (Phi) is 3.69. The van der Waals surface area contributed by atoms with Crippen LogP contribution < -0.4 is 5.32 Å². The van der Waals surface area contributed by atoms with Crippen LogP contribution in [0, 0.1) is 0 Å². The number of sulfonamides is 1. The number of likely N-dealkylation sites (N-methyl/N-ethyl adjacent to an activating group) is 1. The van der Waals surface area contributed by atoms with Crippen molar-refractivity contribution in [1.82, 2.24) is 9.62 Å². The van der Waals surface area contributed by atoms with Gasteiger partial charge in [0, 0.05) is 25.2 Å². The topological polar surface area (TPSA) is 88.1 Å². The summed E-state index contributed by atoms with van der Waals surface area (Å²) in [7, 11) is -1.09. The predicted molar refractivity (Wildman–Crippen MR) is 84.7 cm³/mol. The lowest BCUT2D eigenvalue weighted by Gasteiger charge is -2.29. The van der Waals surface area contributed by atoms with Crippen LogP contribution in [-0.2, 0) is 19.6 Å². The fourth-order valence-electron chi connectivity index (χ4n) is 2.50. The molecule has 0 fully saturated rings. The number of nitrogens with zero attached hydrogens (tertiary/aromatic N) is 2. The van der Waals surface area contributed by atoms with Crippen LogP contribution in [0.2, 0.25) is 0 Å². The van der Waals surface area contributed by atoms with Crippen molar-refractivity contribution < 1.29 is 17.9 Å². The summed E-state index contributed by atoms with van der Waals surface area (Å²) in [5.41, 5.74) is 0.288. The SMILES string of the molecule is COC1=C(C(=O)NC2=CCC=N2)N(C)S(=O)(=O)c2ccccc21. The van der Waals surface area contributed by atoms with Gasteiger partial charge in [0.25, 0.3) is 15.9 Å². The number of rotatable bonds is 3. The first-order chi connectivity index (χ1) is 11.0. The summed E-state index contributed by atoms with van der Waals surface area (Å²) < 4.78 is 31.5. The predicted octanol–water partition coefficient (Wildman–Crippen LogP) is 1.07. The highest BCUT2D eigenvalue weighted by Crippen LogP contribution is 2.36. The smallest absolute Gasteiger partial charge is 0.277 e. The highest BCUT2D eigenvalue weighted by molar-refractivity contribution is 7.89. The zero-order chi connectivity index (χ0) is 16.6. The second-order valence-electron chi connectivity index (χ2n) is 4.94. The van der Waals surface area contributed by atoms with Crippen molar-refractivity contribution in [3.05, 3.63) is 47.4 Å². The number of aliphatic imine (C=N–C) groups is 1. The molecule has 0 saturated heterocycles. The Morgan fingerprint density at radius 3 is 2.74 bits per heavy atom. The molecule has 0 aromatic heterocycles. The molecule has 0 unspecified atom stereocenters. The lowest BCUT2D eigenvalue weighted by molar-refractivity contribution is -0.117. The average molecular weight is 333 g/mol. The Morgan fingerprint density at radius 2 is 2.09 bits per heavy atom. The number of hydrogen-bond acceptors (Lipinski definition) is 5. The molecule has 0 saturated carbocycles. The molecule has 0 radical (unpaired) electrons. The lowest BCUT2D eigenvalue weighted by Crippen LogP contribution is -2.39. The van der Waals surface area contributed by atoms with E-state index in [-0.39, 0.29) is 16.4 Å². The number of benzene rings is 1. The Hall–Kier alpha value is -2.61. The molecule has 120 valence electrons. The summed E-state index contributed by atoms with van der Waals surface area (Å²) in [6.07, 6.45) is 4.01. The van der Waals surface area contributed by atoms with Gasteiger partial charge in [-0.2, -0.15) is 0 Å². The number of carbonyl (C=O) groups is 1. The molecule has 0 bridgehead atoms. The van der Waals surface area contributed by atoms with E-state index in [0.717, 1.165) is 4.31 Å². The second-order valence-corrected chi connectivity index (χ2v) is 6.88. The average Bonchev–Trinajstić information content (AvgIpc) is 3.03. The number of amides is 1. The summed E-state index contributed by atoms with van der Waals surface area (Å²) in [6, 6.07) is 6.41. The molecule has 7 nitrogen and oxygen atoms in total. The zero-order valence-corrected chi connectivity index (χ0v) is 13.4. The molecule has 2 aliphatic heterocycles. The first kappa shape index (κ1) is 15.3. The summed E-state index contributed by atoms with van der Waals surface area (Å²) >= 11 is 0. The van der Waals surface area contributed by atoms with Crippen LogP contribution in [0.25, 0.3) is 5.76 Å². The van der Waals surface area contributed by atoms with E-state index in [1.54, 1.807) is 30.5 Å². The van der Waals surface area contributed by atoms with Gasteiger partial charge in [-0.1, -0.05) is 12.1 Å². The fraction of sp³-hybridized carbons (Fsp3) is 0.200. The molecule has 0 aliphatic carbocycles. The number of fused-ring (bicyclic) bond motifs is 1. The van der Waals surface area contributed by atoms with Crippen molar-refractivity contribution in [2.75, 3.05) is 14.2 Å². The van der Waals surface area contributed by atoms with Gasteiger partial charge in [-0.05, 0) is 18.2 Å². The van der Waals surface area contributed by atoms with Crippen molar-refractivity contribution in [3.8, 4) is 0 Å². The quantitative estimate of drug-likeness (QED) is 0.896. The molecule has 1 N–H and O–H groups in total. The van der Waals surface area contributed by atoms with Crippen LogP contribution in [0.3, 0.4) is 0 Å². The number of nitrogens with one attached hydrogen (secondary N) is 1. The van der Waals surface area contributed by atoms with Crippen LogP contribution in [0.5, 0.6) is 0 Å². The van der Waals surface area contributed by atoms with Crippen LogP contribution in [0.15, 0.2) is 51.7 Å². The Labute approximate surface area is 134 Å². The number of allylic oxidation sites excluding steroid dienone is 1. The molecule has 1 aromatic rings. The third-order valence-corrected chi connectivity index (χ3v) is 5.42. The highest BCUT2D eigenvalue weighted by Gasteiger charge is 2.38. The number of ether oxygens (including phenoxy) is 1. The molecule has 1 aromatic carbocycles. The molecular weight excluding hydrogens is 318 g/mol. The third-order valence-electron chi connectivity index (χ3n) is 3.61. The molecule has 0 spiro atoms. The van der Waals surface area contributed by atoms with Gasteiger partial charge in [-0.3, -0.25) is 9.10 Å². The van der Waals surface area contributed by atoms with Gasteiger partial charge in [-0.25, -0.2) is 13.4 Å². The van der Waals surface area contributed by atoms with Gasteiger partial charge < -0.3 is 10.1 Å². The van der Waals surface area contributed by atoms with E-state index < -0.39 is 15.9 Å². The normalized spacial score (nSPS) is 18.5. The lowest BCUT2D eigenvalue weighted by atomic mass is 10.1. The first-order valence-electron chi connectivity index (χ1n) is 6.87. The van der Waals surface area contributed by atoms with E-state index >= 15 is 0 Å². The van der Waals surface area contributed by atoms with Crippen molar-refractivity contribution in [2.24, 2.45) is 4.99 Å². The van der Waals surface area contributed by atoms with Crippen molar-refractivity contribution in [1.29, 1.82) is 0 Å². The van der Waals surface area contributed by atoms with Gasteiger partial charge in [0.05, 0.1) is 12.0 Å². The molecule has 0 atom stereocenters. The Bertz CT molecular complexity index is 868. The second kappa shape index (κ2) is 5.54. The summed E-state index contributed by atoms with van der Waals surface area (Å²) in [6.45, 7) is 0. The van der Waals surface area contributed by atoms with E-state index in [0.29, 0.717) is 17.8 Å². The minimum atomic E-state index is -3.81. The largest absolute Gasteiger partial charge is 0.494 e. The number of methoxy groups -OCH3 is 1. The summed E-state index contributed by atoms with van der Waals surface area (Å²) in [4.78, 5) is 16.7. The fourth-order valence-corrected chi connectivity index (χ4v) is 3.89. The van der Waals surface area contributed by atoms with E-state index in [1.165, 1.54) is 20.2 Å². The van der Waals surface area contributed by atoms with Crippen molar-refractivity contribution >= 4 is 27.9 Å². The maximum atomic E-state index is 12.6. The van der Waals surface area contributed by atoms with Gasteiger partial charge in [0.1, 0.15) is 5.82 Å². The van der Waals surface area contributed by atoms with Crippen molar-refractivity contribution in [3.63, 3.8) is 0 Å². The first-order valence-corrected chi connectivity index (χ1v) is 8.31.